The number of para-hydroxylation sites is 1. The lowest BCUT2D eigenvalue weighted by molar-refractivity contribution is -0.211. The van der Waals surface area contributed by atoms with Crippen molar-refractivity contribution >= 4 is 59.8 Å². The lowest BCUT2D eigenvalue weighted by atomic mass is 9.82. The molecule has 5 heteroatoms. The fourth-order valence-electron chi connectivity index (χ4n) is 7.20. The molecule has 224 valence electrons. The van der Waals surface area contributed by atoms with E-state index in [9.17, 15) is 13.2 Å². The third kappa shape index (κ3) is 4.13. The standard InChI is InChI=1S/C40H33F3N2/c1-38(2,3)31-20-25(19-24-10-6-7-11-26(24)31)33-21-35-36-27(12-9-15-32(36)44-33)28-13-8-14-29-30-18-23(22-39(4,5)40(41,42)43)16-17-34(30)45(35)37(28)29/h6-21H,22H2,1-5H3. The van der Waals surface area contributed by atoms with Crippen molar-refractivity contribution in [1.29, 1.82) is 0 Å². The number of halogens is 3. The van der Waals surface area contributed by atoms with Gasteiger partial charge in [-0.3, -0.25) is 0 Å². The zero-order valence-corrected chi connectivity index (χ0v) is 26.0. The highest BCUT2D eigenvalue weighted by Gasteiger charge is 2.47. The molecule has 0 fully saturated rings. The maximum absolute atomic E-state index is 13.8. The number of hydrogen-bond acceptors (Lipinski definition) is 1. The summed E-state index contributed by atoms with van der Waals surface area (Å²) in [6.07, 6.45) is -4.37. The largest absolute Gasteiger partial charge is 0.394 e. The number of hydrogen-bond donors (Lipinski definition) is 0. The second-order valence-corrected chi connectivity index (χ2v) is 14.2. The second-order valence-electron chi connectivity index (χ2n) is 14.2. The lowest BCUT2D eigenvalue weighted by Crippen LogP contribution is -2.34. The normalized spacial score (nSPS) is 13.4. The van der Waals surface area contributed by atoms with Crippen LogP contribution in [0.5, 0.6) is 0 Å². The van der Waals surface area contributed by atoms with Crippen LogP contribution in [0.2, 0.25) is 0 Å². The van der Waals surface area contributed by atoms with Crippen LogP contribution in [-0.4, -0.2) is 15.6 Å². The van der Waals surface area contributed by atoms with Crippen LogP contribution in [0.15, 0.2) is 97.1 Å². The van der Waals surface area contributed by atoms with Crippen LogP contribution in [-0.2, 0) is 11.8 Å². The van der Waals surface area contributed by atoms with Crippen molar-refractivity contribution in [1.82, 2.24) is 9.38 Å². The molecule has 0 unspecified atom stereocenters. The quantitative estimate of drug-likeness (QED) is 0.146. The summed E-state index contributed by atoms with van der Waals surface area (Å²) in [6, 6.07) is 33.6. The fraction of sp³-hybridized carbons (Fsp3) is 0.225. The van der Waals surface area contributed by atoms with E-state index in [-0.39, 0.29) is 11.8 Å². The smallest absolute Gasteiger partial charge is 0.308 e. The van der Waals surface area contributed by atoms with Crippen molar-refractivity contribution in [3.63, 3.8) is 0 Å². The van der Waals surface area contributed by atoms with Gasteiger partial charge < -0.3 is 4.40 Å². The Morgan fingerprint density at radius 3 is 2.09 bits per heavy atom. The number of alkyl halides is 3. The highest BCUT2D eigenvalue weighted by Crippen LogP contribution is 2.44. The number of benzene rings is 5. The average Bonchev–Trinajstić information content (AvgIpc) is 3.32. The third-order valence-electron chi connectivity index (χ3n) is 9.57. The van der Waals surface area contributed by atoms with E-state index < -0.39 is 11.6 Å². The monoisotopic (exact) mass is 598 g/mol. The molecule has 0 saturated heterocycles. The number of nitrogens with zero attached hydrogens (tertiary/aromatic N) is 2. The Kier molecular flexibility index (Phi) is 5.70. The fourth-order valence-corrected chi connectivity index (χ4v) is 7.20. The minimum atomic E-state index is -4.29. The van der Waals surface area contributed by atoms with Crippen LogP contribution in [0, 0.1) is 5.41 Å². The molecular weight excluding hydrogens is 565 g/mol. The van der Waals surface area contributed by atoms with Gasteiger partial charge in [-0.05, 0) is 75.5 Å². The summed E-state index contributed by atoms with van der Waals surface area (Å²) < 4.78 is 43.8. The highest BCUT2D eigenvalue weighted by atomic mass is 19.4. The summed E-state index contributed by atoms with van der Waals surface area (Å²) >= 11 is 0. The number of fused-ring (bicyclic) bond motifs is 6. The van der Waals surface area contributed by atoms with Crippen molar-refractivity contribution in [3.05, 3.63) is 108 Å². The molecule has 5 aromatic carbocycles. The van der Waals surface area contributed by atoms with Crippen LogP contribution in [0.25, 0.3) is 71.0 Å². The Balaban J connectivity index is 1.46. The van der Waals surface area contributed by atoms with Gasteiger partial charge in [-0.2, -0.15) is 13.2 Å². The Hall–Kier alpha value is -4.64. The second kappa shape index (κ2) is 9.20. The Bertz CT molecular complexity index is 2460. The molecule has 8 rings (SSSR count). The van der Waals surface area contributed by atoms with Crippen LogP contribution < -0.4 is 0 Å². The molecule has 0 aliphatic carbocycles. The molecule has 45 heavy (non-hydrogen) atoms. The van der Waals surface area contributed by atoms with Crippen LogP contribution in [0.1, 0.15) is 45.7 Å². The molecule has 2 nitrogen and oxygen atoms in total. The van der Waals surface area contributed by atoms with E-state index in [0.717, 1.165) is 60.3 Å². The Morgan fingerprint density at radius 2 is 1.33 bits per heavy atom. The van der Waals surface area contributed by atoms with Crippen LogP contribution in [0.4, 0.5) is 13.2 Å². The zero-order chi connectivity index (χ0) is 31.5. The van der Waals surface area contributed by atoms with Gasteiger partial charge >= 0.3 is 6.18 Å². The van der Waals surface area contributed by atoms with Gasteiger partial charge in [0.15, 0.2) is 0 Å². The van der Waals surface area contributed by atoms with Crippen LogP contribution >= 0.6 is 0 Å². The molecule has 0 saturated carbocycles. The van der Waals surface area contributed by atoms with Crippen molar-refractivity contribution in [2.24, 2.45) is 5.41 Å². The molecule has 0 radical (unpaired) electrons. The van der Waals surface area contributed by atoms with Gasteiger partial charge in [0.1, 0.15) is 0 Å². The van der Waals surface area contributed by atoms with Crippen molar-refractivity contribution in [2.75, 3.05) is 0 Å². The van der Waals surface area contributed by atoms with Gasteiger partial charge in [0.05, 0.1) is 33.2 Å². The van der Waals surface area contributed by atoms with Gasteiger partial charge in [-0.1, -0.05) is 95.3 Å². The summed E-state index contributed by atoms with van der Waals surface area (Å²) in [7, 11) is 0. The molecule has 3 aromatic heterocycles. The molecule has 0 N–H and O–H groups in total. The Labute approximate surface area is 259 Å². The van der Waals surface area contributed by atoms with E-state index >= 15 is 0 Å². The minimum Gasteiger partial charge on any atom is -0.308 e. The average molecular weight is 599 g/mol. The molecule has 0 aliphatic heterocycles. The number of pyridine rings is 2. The van der Waals surface area contributed by atoms with Gasteiger partial charge in [0, 0.05) is 27.1 Å². The first kappa shape index (κ1) is 27.9. The van der Waals surface area contributed by atoms with E-state index in [1.54, 1.807) is 0 Å². The van der Waals surface area contributed by atoms with Gasteiger partial charge in [-0.25, -0.2) is 4.98 Å². The molecule has 0 spiro atoms. The van der Waals surface area contributed by atoms with Gasteiger partial charge in [-0.15, -0.1) is 0 Å². The van der Waals surface area contributed by atoms with E-state index in [1.807, 2.05) is 24.3 Å². The summed E-state index contributed by atoms with van der Waals surface area (Å²) in [5.41, 5.74) is 6.02. The predicted octanol–water partition coefficient (Wildman–Crippen LogP) is 11.6. The summed E-state index contributed by atoms with van der Waals surface area (Å²) in [5, 5.41) is 7.73. The minimum absolute atomic E-state index is 0.0615. The first-order valence-electron chi connectivity index (χ1n) is 15.4. The predicted molar refractivity (Wildman–Crippen MR) is 182 cm³/mol. The zero-order valence-electron chi connectivity index (χ0n) is 26.0. The molecule has 0 aliphatic rings. The van der Waals surface area contributed by atoms with E-state index in [4.69, 9.17) is 4.98 Å². The maximum Gasteiger partial charge on any atom is 0.394 e. The summed E-state index contributed by atoms with van der Waals surface area (Å²) in [5.74, 6) is 0. The molecule has 3 heterocycles. The van der Waals surface area contributed by atoms with E-state index in [2.05, 4.69) is 98.0 Å². The third-order valence-corrected chi connectivity index (χ3v) is 9.57. The van der Waals surface area contributed by atoms with Crippen LogP contribution in [0.3, 0.4) is 0 Å². The van der Waals surface area contributed by atoms with E-state index in [1.165, 1.54) is 30.2 Å². The summed E-state index contributed by atoms with van der Waals surface area (Å²) in [4.78, 5) is 5.24. The lowest BCUT2D eigenvalue weighted by Gasteiger charge is -2.27. The topological polar surface area (TPSA) is 17.3 Å². The van der Waals surface area contributed by atoms with Crippen molar-refractivity contribution in [3.8, 4) is 11.3 Å². The van der Waals surface area contributed by atoms with Gasteiger partial charge in [0.25, 0.3) is 0 Å². The molecule has 8 aromatic rings. The SMILES string of the molecule is CC(C)(C)c1cc(-c2cc3c4c(cccc4c4cccc5c6cc(CC(C)(C)C(F)(F)F)ccc6n3c45)n2)cc2ccccc12. The van der Waals surface area contributed by atoms with E-state index in [0.29, 0.717) is 5.56 Å². The highest BCUT2D eigenvalue weighted by molar-refractivity contribution is 6.26. The Morgan fingerprint density at radius 1 is 0.644 bits per heavy atom. The molecular formula is C40H33F3N2. The molecule has 0 atom stereocenters. The molecule has 0 amide bonds. The van der Waals surface area contributed by atoms with Crippen molar-refractivity contribution < 1.29 is 13.2 Å². The first-order valence-corrected chi connectivity index (χ1v) is 15.4. The maximum atomic E-state index is 13.8. The van der Waals surface area contributed by atoms with Crippen molar-refractivity contribution in [2.45, 2.75) is 52.6 Å². The first-order chi connectivity index (χ1) is 21.3. The number of aromatic nitrogens is 2. The number of rotatable bonds is 3. The van der Waals surface area contributed by atoms with Gasteiger partial charge in [0.2, 0.25) is 0 Å². The molecule has 0 bridgehead atoms. The summed E-state index contributed by atoms with van der Waals surface area (Å²) in [6.45, 7) is 9.28.